The van der Waals surface area contributed by atoms with Crippen molar-refractivity contribution in [2.75, 3.05) is 0 Å². The molecule has 27 heavy (non-hydrogen) atoms. The topological polar surface area (TPSA) is 52.6 Å². The van der Waals surface area contributed by atoms with Gasteiger partial charge in [-0.1, -0.05) is 37.3 Å². The van der Waals surface area contributed by atoms with Crippen LogP contribution in [0.2, 0.25) is 0 Å². The van der Waals surface area contributed by atoms with Crippen LogP contribution in [0.4, 0.5) is 0 Å². The van der Waals surface area contributed by atoms with Crippen LogP contribution < -0.4 is 9.47 Å². The number of rotatable bonds is 7. The number of hydrogen-bond donors (Lipinski definition) is 0. The molecular formula is C23H20O4. The van der Waals surface area contributed by atoms with Crippen LogP contribution in [0.3, 0.4) is 0 Å². The number of esters is 1. The number of para-hydroxylation sites is 1. The van der Waals surface area contributed by atoms with Gasteiger partial charge in [0.2, 0.25) is 0 Å². The second-order valence-electron chi connectivity index (χ2n) is 5.99. The second-order valence-corrected chi connectivity index (χ2v) is 5.99. The minimum absolute atomic E-state index is 0.0567. The molecule has 0 amide bonds. The van der Waals surface area contributed by atoms with Crippen molar-refractivity contribution in [2.45, 2.75) is 20.0 Å². The lowest BCUT2D eigenvalue weighted by atomic mass is 10.1. The third-order valence-electron chi connectivity index (χ3n) is 4.05. The zero-order chi connectivity index (χ0) is 19.1. The zero-order valence-corrected chi connectivity index (χ0v) is 15.1. The molecule has 0 aliphatic rings. The molecule has 0 saturated heterocycles. The van der Waals surface area contributed by atoms with Crippen LogP contribution in [0.25, 0.3) is 0 Å². The highest BCUT2D eigenvalue weighted by Crippen LogP contribution is 2.16. The summed E-state index contributed by atoms with van der Waals surface area (Å²) in [4.78, 5) is 23.9. The van der Waals surface area contributed by atoms with E-state index in [0.717, 1.165) is 11.3 Å². The van der Waals surface area contributed by atoms with Crippen molar-refractivity contribution in [3.8, 4) is 11.5 Å². The Morgan fingerprint density at radius 1 is 0.741 bits per heavy atom. The highest BCUT2D eigenvalue weighted by Gasteiger charge is 2.10. The van der Waals surface area contributed by atoms with Crippen molar-refractivity contribution in [1.29, 1.82) is 0 Å². The van der Waals surface area contributed by atoms with Crippen molar-refractivity contribution in [2.24, 2.45) is 0 Å². The highest BCUT2D eigenvalue weighted by molar-refractivity contribution is 5.96. The minimum atomic E-state index is -0.444. The molecule has 0 aliphatic heterocycles. The number of hydrogen-bond acceptors (Lipinski definition) is 4. The summed E-state index contributed by atoms with van der Waals surface area (Å²) in [5, 5.41) is 0. The molecule has 0 bridgehead atoms. The molecule has 3 aromatic carbocycles. The summed E-state index contributed by atoms with van der Waals surface area (Å²) in [6.45, 7) is 2.23. The minimum Gasteiger partial charge on any atom is -0.489 e. The summed E-state index contributed by atoms with van der Waals surface area (Å²) in [6.07, 6.45) is 0.444. The summed E-state index contributed by atoms with van der Waals surface area (Å²) in [5.41, 5.74) is 2.02. The lowest BCUT2D eigenvalue weighted by Crippen LogP contribution is -2.09. The SMILES string of the molecule is CCC(=O)c1ccc(OC(=O)c2ccc(COc3ccccc3)cc2)cc1. The summed E-state index contributed by atoms with van der Waals surface area (Å²) in [7, 11) is 0. The fraction of sp³-hybridized carbons (Fsp3) is 0.130. The van der Waals surface area contributed by atoms with E-state index in [-0.39, 0.29) is 5.78 Å². The van der Waals surface area contributed by atoms with Crippen molar-refractivity contribution < 1.29 is 19.1 Å². The molecule has 0 heterocycles. The van der Waals surface area contributed by atoms with Gasteiger partial charge in [-0.15, -0.1) is 0 Å². The van der Waals surface area contributed by atoms with Gasteiger partial charge >= 0.3 is 5.97 Å². The maximum Gasteiger partial charge on any atom is 0.343 e. The molecular weight excluding hydrogens is 340 g/mol. The molecule has 136 valence electrons. The van der Waals surface area contributed by atoms with E-state index in [1.54, 1.807) is 36.4 Å². The van der Waals surface area contributed by atoms with Crippen LogP contribution in [0.5, 0.6) is 11.5 Å². The average Bonchev–Trinajstić information content (AvgIpc) is 2.73. The normalized spacial score (nSPS) is 10.3. The Morgan fingerprint density at radius 3 is 2.00 bits per heavy atom. The Kier molecular flexibility index (Phi) is 6.00. The first kappa shape index (κ1) is 18.4. The number of benzene rings is 3. The monoisotopic (exact) mass is 360 g/mol. The largest absolute Gasteiger partial charge is 0.489 e. The van der Waals surface area contributed by atoms with Crippen LogP contribution in [0.15, 0.2) is 78.9 Å². The Balaban J connectivity index is 1.58. The van der Waals surface area contributed by atoms with E-state index >= 15 is 0 Å². The fourth-order valence-corrected chi connectivity index (χ4v) is 2.50. The van der Waals surface area contributed by atoms with E-state index in [0.29, 0.717) is 29.9 Å². The first-order valence-electron chi connectivity index (χ1n) is 8.78. The van der Waals surface area contributed by atoms with E-state index in [1.807, 2.05) is 49.4 Å². The van der Waals surface area contributed by atoms with Crippen LogP contribution in [-0.4, -0.2) is 11.8 Å². The van der Waals surface area contributed by atoms with Gasteiger partial charge < -0.3 is 9.47 Å². The Hall–Kier alpha value is -3.40. The predicted molar refractivity (Wildman–Crippen MR) is 103 cm³/mol. The van der Waals surface area contributed by atoms with E-state index in [9.17, 15) is 9.59 Å². The van der Waals surface area contributed by atoms with E-state index in [1.165, 1.54) is 0 Å². The van der Waals surface area contributed by atoms with Gasteiger partial charge in [0.05, 0.1) is 5.56 Å². The number of carbonyl (C=O) groups is 2. The van der Waals surface area contributed by atoms with E-state index in [4.69, 9.17) is 9.47 Å². The third-order valence-corrected chi connectivity index (χ3v) is 4.05. The molecule has 3 rings (SSSR count). The summed E-state index contributed by atoms with van der Waals surface area (Å²) in [6, 6.07) is 23.2. The standard InChI is InChI=1S/C23H20O4/c1-2-22(24)18-12-14-21(15-13-18)27-23(25)19-10-8-17(9-11-19)16-26-20-6-4-3-5-7-20/h3-15H,2,16H2,1H3. The van der Waals surface area contributed by atoms with Crippen LogP contribution in [-0.2, 0) is 6.61 Å². The molecule has 0 aliphatic carbocycles. The van der Waals surface area contributed by atoms with Gasteiger partial charge in [0.15, 0.2) is 5.78 Å². The van der Waals surface area contributed by atoms with Crippen LogP contribution in [0, 0.1) is 0 Å². The first-order valence-corrected chi connectivity index (χ1v) is 8.78. The number of carbonyl (C=O) groups excluding carboxylic acids is 2. The number of Topliss-reactive ketones (excluding diaryl/α,β-unsaturated/α-hetero) is 1. The molecule has 0 N–H and O–H groups in total. The van der Waals surface area contributed by atoms with Crippen molar-refractivity contribution >= 4 is 11.8 Å². The smallest absolute Gasteiger partial charge is 0.343 e. The molecule has 0 atom stereocenters. The number of ether oxygens (including phenoxy) is 2. The summed E-state index contributed by atoms with van der Waals surface area (Å²) < 4.78 is 11.0. The van der Waals surface area contributed by atoms with Gasteiger partial charge in [0.25, 0.3) is 0 Å². The lowest BCUT2D eigenvalue weighted by Gasteiger charge is -2.08. The number of ketones is 1. The average molecular weight is 360 g/mol. The molecule has 0 radical (unpaired) electrons. The third kappa shape index (κ3) is 5.05. The molecule has 0 unspecified atom stereocenters. The summed E-state index contributed by atoms with van der Waals surface area (Å²) in [5.74, 6) is 0.816. The zero-order valence-electron chi connectivity index (χ0n) is 15.1. The lowest BCUT2D eigenvalue weighted by molar-refractivity contribution is 0.0734. The Morgan fingerprint density at radius 2 is 1.37 bits per heavy atom. The predicted octanol–water partition coefficient (Wildman–Crippen LogP) is 5.08. The molecule has 0 aromatic heterocycles. The van der Waals surface area contributed by atoms with Gasteiger partial charge in [-0.2, -0.15) is 0 Å². The van der Waals surface area contributed by atoms with Crippen LogP contribution >= 0.6 is 0 Å². The fourth-order valence-electron chi connectivity index (χ4n) is 2.50. The van der Waals surface area contributed by atoms with Gasteiger partial charge in [-0.05, 0) is 54.1 Å². The maximum atomic E-state index is 12.3. The van der Waals surface area contributed by atoms with Crippen molar-refractivity contribution in [1.82, 2.24) is 0 Å². The van der Waals surface area contributed by atoms with Crippen molar-refractivity contribution in [3.05, 3.63) is 95.6 Å². The quantitative estimate of drug-likeness (QED) is 0.335. The van der Waals surface area contributed by atoms with E-state index in [2.05, 4.69) is 0 Å². The van der Waals surface area contributed by atoms with Gasteiger partial charge in [-0.25, -0.2) is 4.79 Å². The summed E-state index contributed by atoms with van der Waals surface area (Å²) >= 11 is 0. The van der Waals surface area contributed by atoms with Gasteiger partial charge in [0, 0.05) is 12.0 Å². The van der Waals surface area contributed by atoms with Gasteiger partial charge in [-0.3, -0.25) is 4.79 Å². The molecule has 4 heteroatoms. The first-order chi connectivity index (χ1) is 13.2. The molecule has 0 saturated carbocycles. The Labute approximate surface area is 158 Å². The Bertz CT molecular complexity index is 897. The molecule has 0 fully saturated rings. The van der Waals surface area contributed by atoms with Crippen LogP contribution in [0.1, 0.15) is 39.6 Å². The molecule has 4 nitrogen and oxygen atoms in total. The highest BCUT2D eigenvalue weighted by atomic mass is 16.5. The van der Waals surface area contributed by atoms with Gasteiger partial charge in [0.1, 0.15) is 18.1 Å². The second kappa shape index (κ2) is 8.81. The van der Waals surface area contributed by atoms with E-state index < -0.39 is 5.97 Å². The molecule has 3 aromatic rings. The van der Waals surface area contributed by atoms with Crippen molar-refractivity contribution in [3.63, 3.8) is 0 Å². The molecule has 0 spiro atoms. The maximum absolute atomic E-state index is 12.3.